The zero-order valence-electron chi connectivity index (χ0n) is 23.0. The second-order valence-electron chi connectivity index (χ2n) is 11.9. The first kappa shape index (κ1) is 24.4. The van der Waals surface area contributed by atoms with Crippen LogP contribution in [-0.2, 0) is 10.2 Å². The van der Waals surface area contributed by atoms with Crippen LogP contribution in [0.5, 0.6) is 0 Å². The Kier molecular flexibility index (Phi) is 5.34. The number of aliphatic carboxylic acids is 1. The summed E-state index contributed by atoms with van der Waals surface area (Å²) in [5, 5.41) is 15.3. The molecule has 0 aliphatic carbocycles. The van der Waals surface area contributed by atoms with Crippen molar-refractivity contribution in [1.82, 2.24) is 4.48 Å². The molecular formula is C34H35N2O2+. The maximum absolute atomic E-state index is 12.7. The summed E-state index contributed by atoms with van der Waals surface area (Å²) in [5.74, 6) is -0.718. The SMILES string of the molecule is CC1c2c(ccc3ccccc23)[N+](C)(C)C1C=C(C=C1N(C)c2ccc3ccccc3c2C1(C)C)C(=O)O. The average molecular weight is 504 g/mol. The van der Waals surface area contributed by atoms with Crippen LogP contribution >= 0.6 is 0 Å². The van der Waals surface area contributed by atoms with Gasteiger partial charge in [-0.15, -0.1) is 0 Å². The third-order valence-corrected chi connectivity index (χ3v) is 9.07. The molecule has 4 nitrogen and oxygen atoms in total. The van der Waals surface area contributed by atoms with Crippen LogP contribution in [0.3, 0.4) is 0 Å². The number of allylic oxidation sites excluding steroid dienone is 1. The minimum Gasteiger partial charge on any atom is -0.478 e. The molecule has 2 unspecified atom stereocenters. The zero-order chi connectivity index (χ0) is 27.0. The number of carbonyl (C=O) groups is 1. The van der Waals surface area contributed by atoms with Crippen molar-refractivity contribution in [3.63, 3.8) is 0 Å². The van der Waals surface area contributed by atoms with Gasteiger partial charge in [-0.05, 0) is 51.4 Å². The number of quaternary nitrogens is 1. The number of carboxylic acids is 1. The predicted molar refractivity (Wildman–Crippen MR) is 159 cm³/mol. The largest absolute Gasteiger partial charge is 0.478 e. The third kappa shape index (κ3) is 3.36. The van der Waals surface area contributed by atoms with E-state index in [4.69, 9.17) is 0 Å². The molecule has 4 heteroatoms. The molecule has 0 aromatic heterocycles. The lowest BCUT2D eigenvalue weighted by atomic mass is 9.80. The lowest BCUT2D eigenvalue weighted by Crippen LogP contribution is -2.47. The highest BCUT2D eigenvalue weighted by molar-refractivity contribution is 5.96. The molecule has 0 amide bonds. The molecule has 4 aromatic carbocycles. The minimum absolute atomic E-state index is 0.00298. The van der Waals surface area contributed by atoms with E-state index in [0.29, 0.717) is 10.1 Å². The van der Waals surface area contributed by atoms with Gasteiger partial charge in [-0.2, -0.15) is 0 Å². The fourth-order valence-electron chi connectivity index (χ4n) is 7.15. The van der Waals surface area contributed by atoms with Crippen LogP contribution in [0.25, 0.3) is 21.5 Å². The molecule has 0 bridgehead atoms. The molecule has 192 valence electrons. The Labute approximate surface area is 224 Å². The van der Waals surface area contributed by atoms with Gasteiger partial charge in [-0.3, -0.25) is 4.48 Å². The highest BCUT2D eigenvalue weighted by atomic mass is 16.4. The number of hydrogen-bond donors (Lipinski definition) is 1. The van der Waals surface area contributed by atoms with Crippen LogP contribution in [0, 0.1) is 0 Å². The van der Waals surface area contributed by atoms with E-state index in [9.17, 15) is 9.90 Å². The lowest BCUT2D eigenvalue weighted by Gasteiger charge is -2.32. The van der Waals surface area contributed by atoms with Crippen molar-refractivity contribution >= 4 is 38.9 Å². The first-order chi connectivity index (χ1) is 18.0. The second-order valence-corrected chi connectivity index (χ2v) is 11.9. The zero-order valence-corrected chi connectivity index (χ0v) is 23.0. The van der Waals surface area contributed by atoms with E-state index in [1.54, 1.807) is 0 Å². The summed E-state index contributed by atoms with van der Waals surface area (Å²) >= 11 is 0. The van der Waals surface area contributed by atoms with E-state index in [-0.39, 0.29) is 17.4 Å². The Hall–Kier alpha value is -3.89. The Balaban J connectivity index is 1.48. The van der Waals surface area contributed by atoms with E-state index < -0.39 is 5.97 Å². The molecule has 1 N–H and O–H groups in total. The van der Waals surface area contributed by atoms with Crippen molar-refractivity contribution < 1.29 is 9.90 Å². The number of fused-ring (bicyclic) bond motifs is 6. The summed E-state index contributed by atoms with van der Waals surface area (Å²) in [6.45, 7) is 6.64. The Morgan fingerprint density at radius 1 is 0.921 bits per heavy atom. The molecule has 2 aliphatic heterocycles. The molecule has 0 spiro atoms. The number of likely N-dealkylation sites (N-methyl/N-ethyl adjacent to an activating group) is 2. The van der Waals surface area contributed by atoms with Gasteiger partial charge in [0.15, 0.2) is 0 Å². The Bertz CT molecular complexity index is 1690. The molecule has 0 fully saturated rings. The van der Waals surface area contributed by atoms with Crippen LogP contribution in [0.1, 0.15) is 37.8 Å². The van der Waals surface area contributed by atoms with E-state index in [0.717, 1.165) is 11.4 Å². The standard InChI is InChI=1S/C34H34N2O2/c1-21-29(36(5,6)28-18-16-22-11-7-9-13-25(22)31(21)28)19-24(33(37)38)20-30-34(2,3)32-26-14-10-8-12-23(26)15-17-27(32)35(30)4/h7-21,29H,1-6H3/p+1. The van der Waals surface area contributed by atoms with Gasteiger partial charge in [-0.1, -0.05) is 75.4 Å². The molecule has 0 saturated carbocycles. The fraction of sp³-hybridized carbons (Fsp3) is 0.265. The van der Waals surface area contributed by atoms with Crippen molar-refractivity contribution in [2.24, 2.45) is 0 Å². The summed E-state index contributed by atoms with van der Waals surface area (Å²) in [6, 6.07) is 25.7. The van der Waals surface area contributed by atoms with Gasteiger partial charge in [0.2, 0.25) is 0 Å². The smallest absolute Gasteiger partial charge is 0.335 e. The van der Waals surface area contributed by atoms with Crippen LogP contribution in [0.4, 0.5) is 11.4 Å². The van der Waals surface area contributed by atoms with Crippen molar-refractivity contribution in [2.45, 2.75) is 38.1 Å². The molecule has 2 heterocycles. The van der Waals surface area contributed by atoms with Crippen LogP contribution in [0.2, 0.25) is 0 Å². The molecular weight excluding hydrogens is 468 g/mol. The van der Waals surface area contributed by atoms with Crippen molar-refractivity contribution in [3.05, 3.63) is 107 Å². The van der Waals surface area contributed by atoms with Gasteiger partial charge in [-0.25, -0.2) is 4.79 Å². The van der Waals surface area contributed by atoms with Gasteiger partial charge in [0.25, 0.3) is 0 Å². The van der Waals surface area contributed by atoms with Gasteiger partial charge >= 0.3 is 5.97 Å². The summed E-state index contributed by atoms with van der Waals surface area (Å²) in [7, 11) is 6.44. The normalized spacial score (nSPS) is 22.7. The predicted octanol–water partition coefficient (Wildman–Crippen LogP) is 7.37. The maximum Gasteiger partial charge on any atom is 0.335 e. The van der Waals surface area contributed by atoms with E-state index in [2.05, 4.69) is 113 Å². The van der Waals surface area contributed by atoms with Crippen LogP contribution in [-0.4, -0.2) is 38.3 Å². The number of anilines is 1. The number of carboxylic acid groups (broad SMARTS) is 1. The molecule has 0 radical (unpaired) electrons. The fourth-order valence-corrected chi connectivity index (χ4v) is 7.15. The topological polar surface area (TPSA) is 40.5 Å². The van der Waals surface area contributed by atoms with Crippen molar-refractivity contribution in [1.29, 1.82) is 0 Å². The minimum atomic E-state index is -0.893. The van der Waals surface area contributed by atoms with Crippen molar-refractivity contribution in [3.8, 4) is 0 Å². The Morgan fingerprint density at radius 2 is 1.53 bits per heavy atom. The third-order valence-electron chi connectivity index (χ3n) is 9.07. The quantitative estimate of drug-likeness (QED) is 0.234. The van der Waals surface area contributed by atoms with E-state index in [1.807, 2.05) is 19.2 Å². The lowest BCUT2D eigenvalue weighted by molar-refractivity contribution is -0.132. The van der Waals surface area contributed by atoms with Crippen molar-refractivity contribution in [2.75, 3.05) is 26.0 Å². The van der Waals surface area contributed by atoms with E-state index in [1.165, 1.54) is 38.4 Å². The van der Waals surface area contributed by atoms with E-state index >= 15 is 0 Å². The summed E-state index contributed by atoms with van der Waals surface area (Å²) < 4.78 is 0.616. The van der Waals surface area contributed by atoms with Gasteiger partial charge < -0.3 is 10.0 Å². The average Bonchev–Trinajstić information content (AvgIpc) is 3.21. The molecule has 2 aliphatic rings. The summed E-state index contributed by atoms with van der Waals surface area (Å²) in [4.78, 5) is 14.9. The number of hydrogen-bond acceptors (Lipinski definition) is 2. The first-order valence-electron chi connectivity index (χ1n) is 13.3. The van der Waals surface area contributed by atoms with Crippen LogP contribution < -0.4 is 9.38 Å². The first-order valence-corrected chi connectivity index (χ1v) is 13.3. The Morgan fingerprint density at radius 3 is 2.21 bits per heavy atom. The monoisotopic (exact) mass is 503 g/mol. The highest BCUT2D eigenvalue weighted by Crippen LogP contribution is 2.51. The maximum atomic E-state index is 12.7. The summed E-state index contributed by atoms with van der Waals surface area (Å²) in [6.07, 6.45) is 3.91. The molecule has 38 heavy (non-hydrogen) atoms. The van der Waals surface area contributed by atoms with Gasteiger partial charge in [0, 0.05) is 41.4 Å². The van der Waals surface area contributed by atoms with Crippen LogP contribution in [0.15, 0.2) is 96.2 Å². The highest BCUT2D eigenvalue weighted by Gasteiger charge is 2.46. The van der Waals surface area contributed by atoms with Gasteiger partial charge in [0.1, 0.15) is 11.7 Å². The number of rotatable bonds is 3. The second kappa shape index (κ2) is 8.31. The number of nitrogens with zero attached hydrogens (tertiary/aromatic N) is 2. The molecule has 6 rings (SSSR count). The molecule has 2 atom stereocenters. The number of benzene rings is 4. The summed E-state index contributed by atoms with van der Waals surface area (Å²) in [5.41, 5.74) is 5.96. The molecule has 0 saturated heterocycles. The van der Waals surface area contributed by atoms with Gasteiger partial charge in [0.05, 0.1) is 19.7 Å². The molecule has 4 aromatic rings.